The van der Waals surface area contributed by atoms with E-state index < -0.39 is 228 Å². The van der Waals surface area contributed by atoms with Crippen molar-refractivity contribution < 1.29 is 92.3 Å². The van der Waals surface area contributed by atoms with Crippen LogP contribution in [0.2, 0.25) is 0 Å². The molecule has 670 valence electrons. The Kier molecular flexibility index (Phi) is 45.3. The SMILES string of the molecule is CC[C@H](C)[C@H](NC(=O)[C@H](CCCNC(=N)N)NC(=O)[C@H](CCCNC(=N)N)NC(=O)[C@@H](NC(=O)[C@@H](NC(=O)[C@H](CCCNC(=N)N)NC(=O)[C@@H](NC(=O)CNC(=O)[C@H](Cc1ccc(O)cc1)NC(=O)[C@@H]1CCCN1)[C@@H](C)O)C(C)C)[C@@H](C)CC)C(=O)N[C@@H](CC(C)C)C(=O)N[C@@H](CCC(=O)O)C(=O)N[C@@H](Cc1c[nH]cn1)C(=O)N[C@@H](CS)C(=O)O. The minimum atomic E-state index is -1.77. The summed E-state index contributed by atoms with van der Waals surface area (Å²) in [6.45, 7) is 14.2. The van der Waals surface area contributed by atoms with E-state index in [-0.39, 0.29) is 113 Å². The van der Waals surface area contributed by atoms with Gasteiger partial charge in [0.05, 0.1) is 30.7 Å². The van der Waals surface area contributed by atoms with E-state index in [4.69, 9.17) is 33.4 Å². The van der Waals surface area contributed by atoms with Gasteiger partial charge >= 0.3 is 11.9 Å². The molecule has 0 unspecified atom stereocenters. The Morgan fingerprint density at radius 1 is 0.508 bits per heavy atom. The number of aliphatic carboxylic acids is 2. The number of thiol groups is 1. The van der Waals surface area contributed by atoms with E-state index in [1.165, 1.54) is 31.6 Å². The van der Waals surface area contributed by atoms with Crippen LogP contribution in [0.15, 0.2) is 36.8 Å². The summed E-state index contributed by atoms with van der Waals surface area (Å²) in [5, 5.41) is 107. The first-order chi connectivity index (χ1) is 56.6. The standard InChI is InChI=1S/C75H125N25O19S/c1-10-39(7)57(70(116)95-50(30-37(3)4)66(112)90-49(24-25-55(104)105)63(109)94-52(32-43-33-82-36-88-43)67(113)96-53(35-120)72(118)119)99-65(111)47(18-14-28-85-74(78)79)89-62(108)46(17-13-27-84-73(76)77)91-69(115)58(40(8)11-2)100-68(114)56(38(5)6)98-64(110)48(19-15-29-86-75(80)81)92-71(117)59(41(9)101)97-54(103)34-87-60(106)51(31-42-20-22-44(102)23-21-42)93-61(107)45-16-12-26-83-45/h20-23,33,36-41,45-53,56-59,83,101-102,120H,10-19,24-32,34-35H2,1-9H3,(H,82,88)(H,87,106)(H,89,108)(H,90,112)(H,91,115)(H,92,117)(H,93,107)(H,94,109)(H,95,116)(H,96,113)(H,97,103)(H,98,110)(H,99,111)(H,100,114)(H,104,105)(H,118,119)(H4,76,77,84)(H4,78,79,85)(H4,80,81,86)/t39-,40-,41+,45-,46-,47-,48-,49-,50-,51-,52-,53-,56-,57-,58-,59-/m0/s1. The summed E-state index contributed by atoms with van der Waals surface area (Å²) in [5.74, 6) is -19.0. The molecule has 13 amide bonds. The highest BCUT2D eigenvalue weighted by molar-refractivity contribution is 7.80. The molecule has 1 aliphatic rings. The number of carboxylic acids is 2. The number of phenols is 1. The molecule has 45 heteroatoms. The highest BCUT2D eigenvalue weighted by Gasteiger charge is 2.40. The molecule has 0 aliphatic carbocycles. The minimum absolute atomic E-state index is 0.00679. The number of aliphatic hydroxyl groups is 1. The number of benzene rings is 1. The van der Waals surface area contributed by atoms with Crippen LogP contribution in [0.4, 0.5) is 0 Å². The molecule has 0 bridgehead atoms. The number of H-pyrrole nitrogens is 1. The third kappa shape index (κ3) is 37.5. The summed E-state index contributed by atoms with van der Waals surface area (Å²) in [6.07, 6.45) is 0.599. The molecule has 1 fully saturated rings. The van der Waals surface area contributed by atoms with Crippen molar-refractivity contribution in [1.82, 2.24) is 100 Å². The maximum absolute atomic E-state index is 14.9. The van der Waals surface area contributed by atoms with E-state index in [0.717, 1.165) is 6.42 Å². The molecule has 31 N–H and O–H groups in total. The van der Waals surface area contributed by atoms with Crippen molar-refractivity contribution in [1.29, 1.82) is 16.2 Å². The van der Waals surface area contributed by atoms with Crippen LogP contribution in [-0.4, -0.2) is 260 Å². The fourth-order valence-corrected chi connectivity index (χ4v) is 12.6. The number of phenolic OH excluding ortho intramolecular Hbond substituents is 1. The molecule has 2 aromatic rings. The molecule has 1 aliphatic heterocycles. The Morgan fingerprint density at radius 2 is 0.925 bits per heavy atom. The van der Waals surface area contributed by atoms with Gasteiger partial charge in [-0.05, 0) is 119 Å². The monoisotopic (exact) mass is 1710 g/mol. The Hall–Kier alpha value is -11.6. The summed E-state index contributed by atoms with van der Waals surface area (Å²) in [6, 6.07) is -12.9. The second kappa shape index (κ2) is 53.0. The molecule has 44 nitrogen and oxygen atoms in total. The zero-order chi connectivity index (χ0) is 90.0. The predicted molar refractivity (Wildman–Crippen MR) is 442 cm³/mol. The van der Waals surface area contributed by atoms with Crippen LogP contribution in [0.3, 0.4) is 0 Å². The molecular weight excluding hydrogens is 1590 g/mol. The molecule has 1 saturated heterocycles. The average Bonchev–Trinajstić information content (AvgIpc) is 1.07. The van der Waals surface area contributed by atoms with Gasteiger partial charge in [-0.3, -0.25) is 83.4 Å². The highest BCUT2D eigenvalue weighted by Crippen LogP contribution is 2.18. The summed E-state index contributed by atoms with van der Waals surface area (Å²) < 4.78 is 0. The topological polar surface area (TPSA) is 720 Å². The van der Waals surface area contributed by atoms with Crippen molar-refractivity contribution in [3.63, 3.8) is 0 Å². The largest absolute Gasteiger partial charge is 0.508 e. The maximum Gasteiger partial charge on any atom is 0.327 e. The number of rotatable bonds is 55. The lowest BCUT2D eigenvalue weighted by Gasteiger charge is -2.31. The third-order valence-electron chi connectivity index (χ3n) is 19.6. The number of carbonyl (C=O) groups excluding carboxylic acids is 13. The molecule has 1 aromatic carbocycles. The second-order valence-electron chi connectivity index (χ2n) is 30.3. The van der Waals surface area contributed by atoms with Gasteiger partial charge in [-0.2, -0.15) is 12.6 Å². The minimum Gasteiger partial charge on any atom is -0.508 e. The Morgan fingerprint density at radius 3 is 1.35 bits per heavy atom. The number of aromatic hydroxyl groups is 1. The molecular formula is C75H125N25O19S. The second-order valence-corrected chi connectivity index (χ2v) is 30.6. The third-order valence-corrected chi connectivity index (χ3v) is 20.0. The van der Waals surface area contributed by atoms with Gasteiger partial charge in [0.25, 0.3) is 0 Å². The van der Waals surface area contributed by atoms with Gasteiger partial charge < -0.3 is 133 Å². The number of imidazole rings is 1. The molecule has 0 radical (unpaired) electrons. The molecule has 3 rings (SSSR count). The first-order valence-electron chi connectivity index (χ1n) is 40.0. The van der Waals surface area contributed by atoms with E-state index in [0.29, 0.717) is 18.5 Å². The lowest BCUT2D eigenvalue weighted by Crippen LogP contribution is -2.62. The maximum atomic E-state index is 14.9. The van der Waals surface area contributed by atoms with Crippen LogP contribution in [0.25, 0.3) is 0 Å². The van der Waals surface area contributed by atoms with Crippen LogP contribution in [-0.2, 0) is 84.8 Å². The van der Waals surface area contributed by atoms with E-state index in [1.54, 1.807) is 67.5 Å². The van der Waals surface area contributed by atoms with E-state index in [9.17, 15) is 92.3 Å². The van der Waals surface area contributed by atoms with Gasteiger partial charge in [-0.15, -0.1) is 0 Å². The van der Waals surface area contributed by atoms with Gasteiger partial charge in [-0.25, -0.2) is 9.78 Å². The number of hydrogen-bond donors (Lipinski definition) is 29. The zero-order valence-electron chi connectivity index (χ0n) is 69.2. The first kappa shape index (κ1) is 103. The summed E-state index contributed by atoms with van der Waals surface area (Å²) in [4.78, 5) is 216. The molecule has 16 atom stereocenters. The highest BCUT2D eigenvalue weighted by atomic mass is 32.1. The van der Waals surface area contributed by atoms with Crippen molar-refractivity contribution in [2.24, 2.45) is 40.9 Å². The predicted octanol–water partition coefficient (Wildman–Crippen LogP) is -5.57. The van der Waals surface area contributed by atoms with Crippen molar-refractivity contribution in [3.05, 3.63) is 48.0 Å². The molecule has 120 heavy (non-hydrogen) atoms. The quantitative estimate of drug-likeness (QED) is 0.0127. The number of aromatic nitrogens is 2. The summed E-state index contributed by atoms with van der Waals surface area (Å²) >= 11 is 3.99. The number of aliphatic hydroxyl groups excluding tert-OH is 1. The van der Waals surface area contributed by atoms with E-state index >= 15 is 0 Å². The lowest BCUT2D eigenvalue weighted by atomic mass is 9.95. The normalized spacial score (nSPS) is 16.1. The van der Waals surface area contributed by atoms with Crippen molar-refractivity contribution in [2.75, 3.05) is 38.5 Å². The average molecular weight is 1710 g/mol. The van der Waals surface area contributed by atoms with E-state index in [1.807, 2.05) is 0 Å². The van der Waals surface area contributed by atoms with Crippen LogP contribution in [0.1, 0.15) is 157 Å². The molecule has 0 spiro atoms. The molecule has 0 saturated carbocycles. The fraction of sp³-hybridized carbons (Fsp3) is 0.640. The number of aromatic amines is 1. The number of nitrogens with two attached hydrogens (primary N) is 3. The number of nitrogens with zero attached hydrogens (tertiary/aromatic N) is 1. The lowest BCUT2D eigenvalue weighted by molar-refractivity contribution is -0.141. The van der Waals surface area contributed by atoms with E-state index in [2.05, 4.69) is 113 Å². The van der Waals surface area contributed by atoms with Crippen molar-refractivity contribution in [2.45, 2.75) is 243 Å². The molecule has 1 aromatic heterocycles. The van der Waals surface area contributed by atoms with Gasteiger partial charge in [0.15, 0.2) is 17.9 Å². The Bertz CT molecular complexity index is 3780. The summed E-state index contributed by atoms with van der Waals surface area (Å²) in [5.41, 5.74) is 17.5. The van der Waals surface area contributed by atoms with Gasteiger partial charge in [0.2, 0.25) is 76.8 Å². The number of carboxylic acid groups (broad SMARTS) is 2. The Labute approximate surface area is 701 Å². The zero-order valence-corrected chi connectivity index (χ0v) is 70.1. The molecule has 2 heterocycles. The Balaban J connectivity index is 1.97. The van der Waals surface area contributed by atoms with Crippen LogP contribution in [0, 0.1) is 39.9 Å². The van der Waals surface area contributed by atoms with Crippen LogP contribution in [0.5, 0.6) is 5.75 Å². The number of hydrogen-bond acceptors (Lipinski definition) is 23. The van der Waals surface area contributed by atoms with Gasteiger partial charge in [0, 0.05) is 50.8 Å². The number of guanidine groups is 3. The number of amides is 13. The van der Waals surface area contributed by atoms with Gasteiger partial charge in [0.1, 0.15) is 78.3 Å². The first-order valence-corrected chi connectivity index (χ1v) is 40.6. The van der Waals surface area contributed by atoms with Crippen molar-refractivity contribution >= 4 is 119 Å². The fourth-order valence-electron chi connectivity index (χ4n) is 12.4. The number of carbonyl (C=O) groups is 15. The van der Waals surface area contributed by atoms with Crippen LogP contribution < -0.4 is 108 Å². The summed E-state index contributed by atoms with van der Waals surface area (Å²) in [7, 11) is 0. The van der Waals surface area contributed by atoms with Crippen LogP contribution >= 0.6 is 12.6 Å². The smallest absolute Gasteiger partial charge is 0.327 e. The van der Waals surface area contributed by atoms with Gasteiger partial charge in [-0.1, -0.05) is 80.4 Å². The number of nitrogens with one attached hydrogen (secondary N) is 21. The van der Waals surface area contributed by atoms with Crippen molar-refractivity contribution in [3.8, 4) is 5.75 Å².